The first-order valence-electron chi connectivity index (χ1n) is 8.66. The molecule has 0 bridgehead atoms. The summed E-state index contributed by atoms with van der Waals surface area (Å²) < 4.78 is 0. The van der Waals surface area contributed by atoms with Gasteiger partial charge in [-0.25, -0.2) is 0 Å². The molecule has 4 nitrogen and oxygen atoms in total. The van der Waals surface area contributed by atoms with Gasteiger partial charge in [0.05, 0.1) is 6.54 Å². The minimum Gasteiger partial charge on any atom is -0.354 e. The van der Waals surface area contributed by atoms with Gasteiger partial charge in [0.2, 0.25) is 11.8 Å². The third-order valence-corrected chi connectivity index (χ3v) is 5.00. The van der Waals surface area contributed by atoms with Crippen LogP contribution in [0.3, 0.4) is 0 Å². The Morgan fingerprint density at radius 2 is 2.08 bits per heavy atom. The average molecular weight is 328 g/mol. The van der Waals surface area contributed by atoms with Gasteiger partial charge in [-0.15, -0.1) is 0 Å². The molecule has 1 aliphatic rings. The van der Waals surface area contributed by atoms with Gasteiger partial charge in [-0.05, 0) is 42.4 Å². The first-order valence-corrected chi connectivity index (χ1v) is 8.66. The summed E-state index contributed by atoms with van der Waals surface area (Å²) in [4.78, 5) is 25.3. The summed E-state index contributed by atoms with van der Waals surface area (Å²) in [6, 6.07) is 8.52. The van der Waals surface area contributed by atoms with Gasteiger partial charge < -0.3 is 10.2 Å². The highest BCUT2D eigenvalue weighted by Crippen LogP contribution is 2.42. The monoisotopic (exact) mass is 328 g/mol. The Balaban J connectivity index is 1.99. The summed E-state index contributed by atoms with van der Waals surface area (Å²) in [7, 11) is 0. The van der Waals surface area contributed by atoms with Gasteiger partial charge in [0.1, 0.15) is 0 Å². The minimum atomic E-state index is -0.211. The van der Waals surface area contributed by atoms with E-state index in [0.717, 1.165) is 12.8 Å². The summed E-state index contributed by atoms with van der Waals surface area (Å²) in [5, 5.41) is 3.00. The maximum atomic E-state index is 12.2. The van der Waals surface area contributed by atoms with E-state index in [1.54, 1.807) is 0 Å². The van der Waals surface area contributed by atoms with Gasteiger partial charge in [0.25, 0.3) is 0 Å². The largest absolute Gasteiger partial charge is 0.354 e. The summed E-state index contributed by atoms with van der Waals surface area (Å²) in [6.07, 6.45) is 3.42. The molecular weight excluding hydrogens is 300 g/mol. The first-order chi connectivity index (χ1) is 11.4. The number of nitrogens with one attached hydrogen (secondary N) is 1. The second-order valence-electron chi connectivity index (χ2n) is 7.07. The number of carbonyl (C=O) groups is 2. The number of fused-ring (bicyclic) bond motifs is 1. The van der Waals surface area contributed by atoms with Crippen LogP contribution in [0, 0.1) is 0 Å². The van der Waals surface area contributed by atoms with Crippen molar-refractivity contribution in [3.05, 3.63) is 48.0 Å². The Morgan fingerprint density at radius 3 is 2.75 bits per heavy atom. The fourth-order valence-corrected chi connectivity index (χ4v) is 3.45. The van der Waals surface area contributed by atoms with Crippen LogP contribution in [0.5, 0.6) is 0 Å². The van der Waals surface area contributed by atoms with E-state index < -0.39 is 0 Å². The molecule has 1 unspecified atom stereocenters. The quantitative estimate of drug-likeness (QED) is 0.816. The minimum absolute atomic E-state index is 0.0845. The van der Waals surface area contributed by atoms with Crippen LogP contribution in [-0.4, -0.2) is 36.3 Å². The van der Waals surface area contributed by atoms with Crippen LogP contribution in [0.1, 0.15) is 50.7 Å². The third-order valence-electron chi connectivity index (χ3n) is 5.00. The van der Waals surface area contributed by atoms with Crippen molar-refractivity contribution in [2.75, 3.05) is 19.6 Å². The van der Waals surface area contributed by atoms with Gasteiger partial charge in [-0.1, -0.05) is 44.7 Å². The van der Waals surface area contributed by atoms with Crippen molar-refractivity contribution in [2.24, 2.45) is 0 Å². The van der Waals surface area contributed by atoms with E-state index >= 15 is 0 Å². The van der Waals surface area contributed by atoms with E-state index in [4.69, 9.17) is 0 Å². The normalized spacial score (nSPS) is 18.4. The maximum Gasteiger partial charge on any atom is 0.246 e. The predicted molar refractivity (Wildman–Crippen MR) is 96.9 cm³/mol. The lowest BCUT2D eigenvalue weighted by Crippen LogP contribution is -2.41. The van der Waals surface area contributed by atoms with Gasteiger partial charge in [-0.2, -0.15) is 0 Å². The van der Waals surface area contributed by atoms with Crippen LogP contribution in [0.25, 0.3) is 0 Å². The number of hydrogen-bond donors (Lipinski definition) is 1. The fourth-order valence-electron chi connectivity index (χ4n) is 3.45. The highest BCUT2D eigenvalue weighted by molar-refractivity contribution is 5.90. The molecule has 1 N–H and O–H groups in total. The van der Waals surface area contributed by atoms with Crippen LogP contribution in [0.15, 0.2) is 36.9 Å². The second-order valence-corrected chi connectivity index (χ2v) is 7.07. The molecule has 1 aromatic rings. The summed E-state index contributed by atoms with van der Waals surface area (Å²) in [5.74, 6) is 0.00938. The molecule has 0 saturated heterocycles. The first kappa shape index (κ1) is 18.2. The molecule has 0 spiro atoms. The Labute approximate surface area is 144 Å². The van der Waals surface area contributed by atoms with E-state index in [1.807, 2.05) is 6.92 Å². The molecule has 130 valence electrons. The van der Waals surface area contributed by atoms with Crippen molar-refractivity contribution >= 4 is 11.8 Å². The number of rotatable bonds is 6. The SMILES string of the molecule is C=CC(=O)N(CC)CC(=O)NCC1CCC(C)(C)c2ccccc21. The number of carbonyl (C=O) groups excluding carboxylic acids is 2. The molecular formula is C20H28N2O2. The molecule has 2 rings (SSSR count). The molecule has 0 heterocycles. The summed E-state index contributed by atoms with van der Waals surface area (Å²) in [5.41, 5.74) is 2.91. The fraction of sp³-hybridized carbons (Fsp3) is 0.500. The smallest absolute Gasteiger partial charge is 0.246 e. The molecule has 0 fully saturated rings. The Hall–Kier alpha value is -2.10. The van der Waals surface area contributed by atoms with E-state index in [9.17, 15) is 9.59 Å². The van der Waals surface area contributed by atoms with E-state index in [0.29, 0.717) is 19.0 Å². The zero-order chi connectivity index (χ0) is 17.7. The highest BCUT2D eigenvalue weighted by Gasteiger charge is 2.32. The van der Waals surface area contributed by atoms with Gasteiger partial charge in [0, 0.05) is 19.0 Å². The van der Waals surface area contributed by atoms with Crippen LogP contribution < -0.4 is 5.32 Å². The van der Waals surface area contributed by atoms with E-state index in [2.05, 4.69) is 50.0 Å². The zero-order valence-electron chi connectivity index (χ0n) is 15.0. The molecule has 4 heteroatoms. The molecule has 24 heavy (non-hydrogen) atoms. The standard InChI is InChI=1S/C20H28N2O2/c1-5-19(24)22(6-2)14-18(23)21-13-15-11-12-20(3,4)17-10-8-7-9-16(15)17/h5,7-10,15H,1,6,11-14H2,2-4H3,(H,21,23). The number of benzene rings is 1. The lowest BCUT2D eigenvalue weighted by Gasteiger charge is -2.37. The summed E-state index contributed by atoms with van der Waals surface area (Å²) >= 11 is 0. The van der Waals surface area contributed by atoms with Crippen molar-refractivity contribution in [1.82, 2.24) is 10.2 Å². The lowest BCUT2D eigenvalue weighted by molar-refractivity contribution is -0.132. The predicted octanol–water partition coefficient (Wildman–Crippen LogP) is 2.99. The van der Waals surface area contributed by atoms with Gasteiger partial charge >= 0.3 is 0 Å². The number of hydrogen-bond acceptors (Lipinski definition) is 2. The molecule has 1 atom stereocenters. The Kier molecular flexibility index (Phi) is 5.81. The van der Waals surface area contributed by atoms with Crippen molar-refractivity contribution in [3.63, 3.8) is 0 Å². The molecule has 0 radical (unpaired) electrons. The number of likely N-dealkylation sites (N-methyl/N-ethyl adjacent to an activating group) is 1. The van der Waals surface area contributed by atoms with E-state index in [1.165, 1.54) is 22.1 Å². The van der Waals surface area contributed by atoms with Crippen molar-refractivity contribution in [3.8, 4) is 0 Å². The van der Waals surface area contributed by atoms with Crippen molar-refractivity contribution in [1.29, 1.82) is 0 Å². The molecule has 1 aromatic carbocycles. The van der Waals surface area contributed by atoms with Crippen LogP contribution in [-0.2, 0) is 15.0 Å². The van der Waals surface area contributed by atoms with Gasteiger partial charge in [0.15, 0.2) is 0 Å². The number of amides is 2. The second kappa shape index (κ2) is 7.65. The molecule has 1 aliphatic carbocycles. The number of nitrogens with zero attached hydrogens (tertiary/aromatic N) is 1. The molecule has 0 saturated carbocycles. The third kappa shape index (κ3) is 4.05. The molecule has 0 aliphatic heterocycles. The van der Waals surface area contributed by atoms with Crippen LogP contribution >= 0.6 is 0 Å². The Bertz CT molecular complexity index is 622. The Morgan fingerprint density at radius 1 is 1.38 bits per heavy atom. The zero-order valence-corrected chi connectivity index (χ0v) is 15.0. The highest BCUT2D eigenvalue weighted by atomic mass is 16.2. The average Bonchev–Trinajstić information content (AvgIpc) is 2.58. The maximum absolute atomic E-state index is 12.2. The van der Waals surface area contributed by atoms with Gasteiger partial charge in [-0.3, -0.25) is 9.59 Å². The van der Waals surface area contributed by atoms with Crippen molar-refractivity contribution in [2.45, 2.75) is 44.9 Å². The summed E-state index contributed by atoms with van der Waals surface area (Å²) in [6.45, 7) is 11.1. The topological polar surface area (TPSA) is 49.4 Å². The van der Waals surface area contributed by atoms with Crippen LogP contribution in [0.4, 0.5) is 0 Å². The van der Waals surface area contributed by atoms with Crippen LogP contribution in [0.2, 0.25) is 0 Å². The molecule has 2 amide bonds. The van der Waals surface area contributed by atoms with E-state index in [-0.39, 0.29) is 23.8 Å². The molecule has 0 aromatic heterocycles. The van der Waals surface area contributed by atoms with Crippen molar-refractivity contribution < 1.29 is 9.59 Å². The lowest BCUT2D eigenvalue weighted by atomic mass is 9.69.